The molecular formula is C17H15F4N3OS. The Kier molecular flexibility index (Phi) is 6.14. The highest BCUT2D eigenvalue weighted by Gasteiger charge is 2.34. The fraction of sp³-hybridized carbons (Fsp3) is 0.176. The van der Waals surface area contributed by atoms with Crippen molar-refractivity contribution in [1.29, 1.82) is 0 Å². The minimum Gasteiger partial charge on any atom is -0.366 e. The molecule has 4 nitrogen and oxygen atoms in total. The maximum Gasteiger partial charge on any atom is 0.419 e. The second kappa shape index (κ2) is 8.13. The number of carbonyl (C=O) groups excluding carboxylic acids is 1. The van der Waals surface area contributed by atoms with Crippen LogP contribution in [0.15, 0.2) is 42.5 Å². The van der Waals surface area contributed by atoms with E-state index in [4.69, 9.17) is 18.0 Å². The molecule has 2 aromatic rings. The summed E-state index contributed by atoms with van der Waals surface area (Å²) in [4.78, 5) is 11.0. The molecule has 0 aliphatic carbocycles. The molecule has 2 aromatic carbocycles. The first kappa shape index (κ1) is 19.6. The lowest BCUT2D eigenvalue weighted by molar-refractivity contribution is -0.140. The van der Waals surface area contributed by atoms with E-state index in [0.29, 0.717) is 17.3 Å². The number of amides is 1. The number of rotatable bonds is 5. The van der Waals surface area contributed by atoms with Crippen LogP contribution >= 0.6 is 12.2 Å². The van der Waals surface area contributed by atoms with Crippen LogP contribution in [-0.2, 0) is 12.6 Å². The summed E-state index contributed by atoms with van der Waals surface area (Å²) in [5.41, 5.74) is 4.73. The third-order valence-corrected chi connectivity index (χ3v) is 3.74. The molecule has 0 aromatic heterocycles. The van der Waals surface area contributed by atoms with Crippen molar-refractivity contribution in [2.24, 2.45) is 5.73 Å². The number of nitrogens with one attached hydrogen (secondary N) is 2. The van der Waals surface area contributed by atoms with Crippen LogP contribution in [0.4, 0.5) is 23.2 Å². The fourth-order valence-corrected chi connectivity index (χ4v) is 2.42. The van der Waals surface area contributed by atoms with Gasteiger partial charge >= 0.3 is 6.18 Å². The number of hydrogen-bond donors (Lipinski definition) is 3. The monoisotopic (exact) mass is 385 g/mol. The third-order valence-electron chi connectivity index (χ3n) is 3.49. The molecule has 0 saturated heterocycles. The van der Waals surface area contributed by atoms with Gasteiger partial charge in [0, 0.05) is 17.8 Å². The van der Waals surface area contributed by atoms with Gasteiger partial charge in [-0.15, -0.1) is 0 Å². The molecule has 138 valence electrons. The molecule has 0 atom stereocenters. The first-order valence-electron chi connectivity index (χ1n) is 7.48. The number of halogens is 4. The molecule has 0 saturated carbocycles. The Morgan fingerprint density at radius 1 is 1.12 bits per heavy atom. The van der Waals surface area contributed by atoms with Crippen molar-refractivity contribution in [1.82, 2.24) is 5.32 Å². The summed E-state index contributed by atoms with van der Waals surface area (Å²) < 4.78 is 52.0. The summed E-state index contributed by atoms with van der Waals surface area (Å²) >= 11 is 5.07. The number of nitrogens with two attached hydrogens (primary N) is 1. The molecule has 0 spiro atoms. The zero-order valence-electron chi connectivity index (χ0n) is 13.4. The molecule has 2 rings (SSSR count). The van der Waals surface area contributed by atoms with Crippen molar-refractivity contribution in [2.45, 2.75) is 12.6 Å². The predicted molar refractivity (Wildman–Crippen MR) is 94.3 cm³/mol. The summed E-state index contributed by atoms with van der Waals surface area (Å²) in [6, 6.07) is 9.40. The molecule has 0 aliphatic heterocycles. The van der Waals surface area contributed by atoms with Crippen molar-refractivity contribution in [3.63, 3.8) is 0 Å². The second-order valence-electron chi connectivity index (χ2n) is 5.35. The smallest absolute Gasteiger partial charge is 0.366 e. The van der Waals surface area contributed by atoms with E-state index >= 15 is 0 Å². The van der Waals surface area contributed by atoms with Crippen LogP contribution < -0.4 is 16.4 Å². The van der Waals surface area contributed by atoms with Gasteiger partial charge in [0.2, 0.25) is 5.91 Å². The molecule has 0 unspecified atom stereocenters. The van der Waals surface area contributed by atoms with Gasteiger partial charge in [0.25, 0.3) is 0 Å². The zero-order chi connectivity index (χ0) is 19.3. The summed E-state index contributed by atoms with van der Waals surface area (Å²) in [6.07, 6.45) is -4.71. The standard InChI is InChI=1S/C17H15F4N3OS/c18-14-10(2-1-3-13(14)17(19,20)21)8-9-23-16(26)24-12-6-4-11(5-7-12)15(22)25/h1-7H,8-9H2,(H2,22,25)(H2,23,24,26). The molecular weight excluding hydrogens is 370 g/mol. The van der Waals surface area contributed by atoms with E-state index in [9.17, 15) is 22.4 Å². The van der Waals surface area contributed by atoms with Gasteiger partial charge in [-0.05, 0) is 54.5 Å². The lowest BCUT2D eigenvalue weighted by Gasteiger charge is -2.13. The molecule has 0 radical (unpaired) electrons. The Balaban J connectivity index is 1.90. The molecule has 0 fully saturated rings. The Hall–Kier alpha value is -2.68. The van der Waals surface area contributed by atoms with E-state index in [0.717, 1.165) is 6.07 Å². The summed E-state index contributed by atoms with van der Waals surface area (Å²) in [6.45, 7) is 0.142. The summed E-state index contributed by atoms with van der Waals surface area (Å²) in [7, 11) is 0. The van der Waals surface area contributed by atoms with Crippen LogP contribution in [0.1, 0.15) is 21.5 Å². The lowest BCUT2D eigenvalue weighted by atomic mass is 10.1. The Morgan fingerprint density at radius 3 is 2.35 bits per heavy atom. The second-order valence-corrected chi connectivity index (χ2v) is 5.76. The first-order valence-corrected chi connectivity index (χ1v) is 7.88. The number of anilines is 1. The average Bonchev–Trinajstić information content (AvgIpc) is 2.56. The first-order chi connectivity index (χ1) is 12.2. The molecule has 0 heterocycles. The minimum atomic E-state index is -4.73. The Labute approximate surface area is 152 Å². The zero-order valence-corrected chi connectivity index (χ0v) is 14.2. The van der Waals surface area contributed by atoms with Gasteiger partial charge in [0.1, 0.15) is 5.82 Å². The van der Waals surface area contributed by atoms with Gasteiger partial charge in [-0.1, -0.05) is 12.1 Å². The highest BCUT2D eigenvalue weighted by atomic mass is 32.1. The molecule has 4 N–H and O–H groups in total. The lowest BCUT2D eigenvalue weighted by Crippen LogP contribution is -2.30. The largest absolute Gasteiger partial charge is 0.419 e. The van der Waals surface area contributed by atoms with E-state index in [1.165, 1.54) is 18.2 Å². The van der Waals surface area contributed by atoms with Crippen molar-refractivity contribution in [2.75, 3.05) is 11.9 Å². The maximum absolute atomic E-state index is 13.9. The van der Waals surface area contributed by atoms with Crippen LogP contribution in [0.3, 0.4) is 0 Å². The number of alkyl halides is 3. The predicted octanol–water partition coefficient (Wildman–Crippen LogP) is 3.47. The van der Waals surface area contributed by atoms with Gasteiger partial charge < -0.3 is 16.4 Å². The Bertz CT molecular complexity index is 807. The molecule has 9 heteroatoms. The highest BCUT2D eigenvalue weighted by Crippen LogP contribution is 2.32. The minimum absolute atomic E-state index is 0.0260. The van der Waals surface area contributed by atoms with Crippen LogP contribution in [-0.4, -0.2) is 17.6 Å². The van der Waals surface area contributed by atoms with Gasteiger partial charge in [0.15, 0.2) is 5.11 Å². The molecule has 0 aliphatic rings. The quantitative estimate of drug-likeness (QED) is 0.545. The topological polar surface area (TPSA) is 67.2 Å². The summed E-state index contributed by atoms with van der Waals surface area (Å²) in [5, 5.41) is 5.83. The van der Waals surface area contributed by atoms with E-state index in [-0.39, 0.29) is 23.6 Å². The maximum atomic E-state index is 13.9. The number of hydrogen-bond acceptors (Lipinski definition) is 2. The van der Waals surface area contributed by atoms with Gasteiger partial charge in [-0.25, -0.2) is 4.39 Å². The summed E-state index contributed by atoms with van der Waals surface area (Å²) in [5.74, 6) is -1.83. The van der Waals surface area contributed by atoms with E-state index in [1.54, 1.807) is 12.1 Å². The van der Waals surface area contributed by atoms with Crippen molar-refractivity contribution < 1.29 is 22.4 Å². The van der Waals surface area contributed by atoms with Crippen molar-refractivity contribution in [3.8, 4) is 0 Å². The van der Waals surface area contributed by atoms with Gasteiger partial charge in [-0.3, -0.25) is 4.79 Å². The van der Waals surface area contributed by atoms with Gasteiger partial charge in [0.05, 0.1) is 5.56 Å². The number of carbonyl (C=O) groups is 1. The normalized spacial score (nSPS) is 11.1. The average molecular weight is 385 g/mol. The fourth-order valence-electron chi connectivity index (χ4n) is 2.20. The van der Waals surface area contributed by atoms with Crippen molar-refractivity contribution in [3.05, 3.63) is 65.0 Å². The van der Waals surface area contributed by atoms with E-state index in [1.807, 2.05) is 0 Å². The van der Waals surface area contributed by atoms with Gasteiger partial charge in [-0.2, -0.15) is 13.2 Å². The number of primary amides is 1. The SMILES string of the molecule is NC(=O)c1ccc(NC(=S)NCCc2cccc(C(F)(F)F)c2F)cc1. The third kappa shape index (κ3) is 5.16. The molecule has 26 heavy (non-hydrogen) atoms. The number of benzene rings is 2. The van der Waals surface area contributed by atoms with E-state index < -0.39 is 23.5 Å². The highest BCUT2D eigenvalue weighted by molar-refractivity contribution is 7.80. The Morgan fingerprint density at radius 2 is 1.77 bits per heavy atom. The van der Waals surface area contributed by atoms with Crippen LogP contribution in [0.25, 0.3) is 0 Å². The van der Waals surface area contributed by atoms with Crippen LogP contribution in [0, 0.1) is 5.82 Å². The van der Waals surface area contributed by atoms with Crippen LogP contribution in [0.5, 0.6) is 0 Å². The van der Waals surface area contributed by atoms with Crippen molar-refractivity contribution >= 4 is 28.9 Å². The molecule has 1 amide bonds. The molecule has 0 bridgehead atoms. The van der Waals surface area contributed by atoms with E-state index in [2.05, 4.69) is 10.6 Å². The number of thiocarbonyl (C=S) groups is 1. The van der Waals surface area contributed by atoms with Crippen LogP contribution in [0.2, 0.25) is 0 Å².